The van der Waals surface area contributed by atoms with Crippen LogP contribution in [0.25, 0.3) is 0 Å². The molecule has 0 atom stereocenters. The van der Waals surface area contributed by atoms with Crippen molar-refractivity contribution in [2.24, 2.45) is 0 Å². The van der Waals surface area contributed by atoms with E-state index in [9.17, 15) is 9.59 Å². The van der Waals surface area contributed by atoms with E-state index in [0.29, 0.717) is 15.8 Å². The molecule has 106 valence electrons. The third-order valence-electron chi connectivity index (χ3n) is 1.55. The molecule has 0 saturated heterocycles. The molecule has 0 aliphatic rings. The fourth-order valence-corrected chi connectivity index (χ4v) is 1.34. The lowest BCUT2D eigenvalue weighted by Crippen LogP contribution is -2.09. The third-order valence-corrected chi connectivity index (χ3v) is 2.08. The third kappa shape index (κ3) is 10.9. The maximum absolute atomic E-state index is 10.2. The van der Waals surface area contributed by atoms with Gasteiger partial charge in [-0.15, -0.1) is 0 Å². The maximum Gasteiger partial charge on any atom is 0.341 e. The van der Waals surface area contributed by atoms with Gasteiger partial charge in [-0.05, 0) is 25.1 Å². The van der Waals surface area contributed by atoms with Gasteiger partial charge in [0, 0.05) is 34.2 Å². The molecule has 0 heterocycles. The molecule has 0 amide bonds. The first-order valence-corrected chi connectivity index (χ1v) is 5.77. The van der Waals surface area contributed by atoms with Crippen molar-refractivity contribution in [3.8, 4) is 5.75 Å². The van der Waals surface area contributed by atoms with E-state index in [4.69, 9.17) is 38.2 Å². The monoisotopic (exact) mass is 330 g/mol. The van der Waals surface area contributed by atoms with Crippen molar-refractivity contribution in [3.05, 3.63) is 40.4 Å². The summed E-state index contributed by atoms with van der Waals surface area (Å²) in [7, 11) is 0. The molecule has 8 heteroatoms. The van der Waals surface area contributed by atoms with Crippen LogP contribution in [0.5, 0.6) is 5.75 Å². The standard InChI is InChI=1S/C8H6Cl2O3.C4H6O2.Mg/c9-5-1-2-7(6(10)3-5)13-4-8(11)12;1-2-3-4(5)6;/h1-3H,4H2,(H,11,12);2-3H,1H3,(H,5,6);. The normalized spacial score (nSPS) is 9.15. The van der Waals surface area contributed by atoms with Crippen molar-refractivity contribution >= 4 is 58.2 Å². The molecule has 1 aromatic carbocycles. The number of rotatable bonds is 4. The second-order valence-electron chi connectivity index (χ2n) is 3.10. The maximum atomic E-state index is 10.2. The number of benzene rings is 1. The van der Waals surface area contributed by atoms with E-state index < -0.39 is 18.5 Å². The lowest BCUT2D eigenvalue weighted by Gasteiger charge is -2.04. The molecule has 1 rings (SSSR count). The first kappa shape index (κ1) is 21.3. The lowest BCUT2D eigenvalue weighted by molar-refractivity contribution is -0.139. The number of hydrogen-bond acceptors (Lipinski definition) is 3. The van der Waals surface area contributed by atoms with E-state index in [0.717, 1.165) is 6.08 Å². The summed E-state index contributed by atoms with van der Waals surface area (Å²) in [5.41, 5.74) is 0. The second-order valence-corrected chi connectivity index (χ2v) is 3.94. The predicted octanol–water partition coefficient (Wildman–Crippen LogP) is 2.72. The summed E-state index contributed by atoms with van der Waals surface area (Å²) < 4.78 is 4.86. The molecule has 0 saturated carbocycles. The van der Waals surface area contributed by atoms with Crippen molar-refractivity contribution in [1.29, 1.82) is 0 Å². The van der Waals surface area contributed by atoms with Gasteiger partial charge >= 0.3 is 11.9 Å². The predicted molar refractivity (Wildman–Crippen MR) is 77.8 cm³/mol. The van der Waals surface area contributed by atoms with E-state index in [1.807, 2.05) is 0 Å². The van der Waals surface area contributed by atoms with Crippen LogP contribution in [-0.2, 0) is 9.59 Å². The largest absolute Gasteiger partial charge is 0.480 e. The zero-order valence-electron chi connectivity index (χ0n) is 10.7. The minimum Gasteiger partial charge on any atom is -0.480 e. The molecule has 0 fully saturated rings. The van der Waals surface area contributed by atoms with Crippen LogP contribution in [-0.4, -0.2) is 51.8 Å². The quantitative estimate of drug-likeness (QED) is 0.655. The Morgan fingerprint density at radius 1 is 1.30 bits per heavy atom. The Labute approximate surface area is 142 Å². The summed E-state index contributed by atoms with van der Waals surface area (Å²) in [4.78, 5) is 19.7. The number of halogens is 2. The van der Waals surface area contributed by atoms with Crippen LogP contribution >= 0.6 is 23.2 Å². The first-order valence-electron chi connectivity index (χ1n) is 5.02. The molecule has 1 aromatic rings. The summed E-state index contributed by atoms with van der Waals surface area (Å²) >= 11 is 11.3. The molecule has 0 aliphatic heterocycles. The molecule has 0 unspecified atom stereocenters. The van der Waals surface area contributed by atoms with Gasteiger partial charge in [0.2, 0.25) is 0 Å². The van der Waals surface area contributed by atoms with Crippen molar-refractivity contribution in [1.82, 2.24) is 0 Å². The average Bonchev–Trinajstić information content (AvgIpc) is 2.28. The van der Waals surface area contributed by atoms with E-state index >= 15 is 0 Å². The van der Waals surface area contributed by atoms with Crippen molar-refractivity contribution in [2.75, 3.05) is 6.61 Å². The Hall–Kier alpha value is -0.954. The van der Waals surface area contributed by atoms with Gasteiger partial charge in [0.1, 0.15) is 5.75 Å². The van der Waals surface area contributed by atoms with Gasteiger partial charge in [0.25, 0.3) is 0 Å². The summed E-state index contributed by atoms with van der Waals surface area (Å²) in [5.74, 6) is -1.63. The molecule has 5 nitrogen and oxygen atoms in total. The fraction of sp³-hybridized carbons (Fsp3) is 0.167. The zero-order chi connectivity index (χ0) is 14.8. The summed E-state index contributed by atoms with van der Waals surface area (Å²) in [6.45, 7) is 1.25. The molecule has 0 bridgehead atoms. The lowest BCUT2D eigenvalue weighted by atomic mass is 10.3. The van der Waals surface area contributed by atoms with Gasteiger partial charge in [0.15, 0.2) is 6.61 Å². The van der Waals surface area contributed by atoms with Crippen LogP contribution in [0, 0.1) is 0 Å². The van der Waals surface area contributed by atoms with E-state index in [-0.39, 0.29) is 23.1 Å². The van der Waals surface area contributed by atoms with Gasteiger partial charge < -0.3 is 14.9 Å². The molecule has 0 spiro atoms. The minimum absolute atomic E-state index is 0. The van der Waals surface area contributed by atoms with Crippen LogP contribution in [0.4, 0.5) is 0 Å². The number of aliphatic carboxylic acids is 2. The van der Waals surface area contributed by atoms with Crippen molar-refractivity contribution < 1.29 is 24.5 Å². The molecule has 20 heavy (non-hydrogen) atoms. The van der Waals surface area contributed by atoms with Crippen LogP contribution in [0.1, 0.15) is 6.92 Å². The number of allylic oxidation sites excluding steroid dienone is 1. The number of carbonyl (C=O) groups is 2. The topological polar surface area (TPSA) is 83.8 Å². The second kappa shape index (κ2) is 11.8. The first-order chi connectivity index (χ1) is 8.86. The van der Waals surface area contributed by atoms with Crippen molar-refractivity contribution in [2.45, 2.75) is 6.92 Å². The summed E-state index contributed by atoms with van der Waals surface area (Å²) in [6, 6.07) is 4.58. The Kier molecular flexibility index (Phi) is 12.6. The molecule has 2 N–H and O–H groups in total. The van der Waals surface area contributed by atoms with E-state index in [1.165, 1.54) is 18.2 Å². The highest BCUT2D eigenvalue weighted by molar-refractivity contribution is 6.35. The highest BCUT2D eigenvalue weighted by Gasteiger charge is 2.04. The number of carboxylic acid groups (broad SMARTS) is 2. The SMILES string of the molecule is CC=CC(=O)O.O=C(O)COc1ccc(Cl)cc1Cl.[Mg]. The molecular formula is C12H12Cl2MgO5. The van der Waals surface area contributed by atoms with Crippen LogP contribution < -0.4 is 4.74 Å². The Morgan fingerprint density at radius 3 is 2.25 bits per heavy atom. The van der Waals surface area contributed by atoms with Crippen molar-refractivity contribution in [3.63, 3.8) is 0 Å². The average molecular weight is 331 g/mol. The number of ether oxygens (including phenoxy) is 1. The summed E-state index contributed by atoms with van der Waals surface area (Å²) in [6.07, 6.45) is 2.56. The number of hydrogen-bond donors (Lipinski definition) is 2. The van der Waals surface area contributed by atoms with Gasteiger partial charge in [-0.2, -0.15) is 0 Å². The Balaban J connectivity index is 0. The molecule has 2 radical (unpaired) electrons. The van der Waals surface area contributed by atoms with Crippen LogP contribution in [0.3, 0.4) is 0 Å². The highest BCUT2D eigenvalue weighted by atomic mass is 35.5. The Morgan fingerprint density at radius 2 is 1.90 bits per heavy atom. The van der Waals surface area contributed by atoms with Crippen LogP contribution in [0.15, 0.2) is 30.4 Å². The minimum atomic E-state index is -1.05. The fourth-order valence-electron chi connectivity index (χ4n) is 0.874. The highest BCUT2D eigenvalue weighted by Crippen LogP contribution is 2.27. The van der Waals surface area contributed by atoms with Crippen LogP contribution in [0.2, 0.25) is 10.0 Å². The molecular weight excluding hydrogens is 319 g/mol. The van der Waals surface area contributed by atoms with Gasteiger partial charge in [-0.3, -0.25) is 0 Å². The number of carboxylic acids is 2. The molecule has 0 aliphatic carbocycles. The van der Waals surface area contributed by atoms with Gasteiger partial charge in [-0.1, -0.05) is 29.3 Å². The van der Waals surface area contributed by atoms with Gasteiger partial charge in [-0.25, -0.2) is 9.59 Å². The Bertz CT molecular complexity index is 477. The smallest absolute Gasteiger partial charge is 0.341 e. The van der Waals surface area contributed by atoms with Gasteiger partial charge in [0.05, 0.1) is 5.02 Å². The zero-order valence-corrected chi connectivity index (χ0v) is 13.6. The van der Waals surface area contributed by atoms with E-state index in [2.05, 4.69) is 0 Å². The summed E-state index contributed by atoms with van der Waals surface area (Å²) in [5, 5.41) is 16.9. The van der Waals surface area contributed by atoms with E-state index in [1.54, 1.807) is 13.0 Å². The molecule has 0 aromatic heterocycles.